The van der Waals surface area contributed by atoms with Crippen molar-refractivity contribution >= 4 is 11.8 Å². The van der Waals surface area contributed by atoms with Gasteiger partial charge in [0.2, 0.25) is 0 Å². The molecule has 0 saturated carbocycles. The summed E-state index contributed by atoms with van der Waals surface area (Å²) in [5.41, 5.74) is 5.80. The second-order valence-electron chi connectivity index (χ2n) is 3.49. The number of nitrogens with two attached hydrogens (primary N) is 1. The van der Waals surface area contributed by atoms with Crippen LogP contribution in [0.2, 0.25) is 0 Å². The number of benzene rings is 1. The van der Waals surface area contributed by atoms with Gasteiger partial charge in [0.25, 0.3) is 0 Å². The Kier molecular flexibility index (Phi) is 4.54. The third-order valence-electron chi connectivity index (χ3n) is 2.40. The minimum absolute atomic E-state index is 0.0413. The molecule has 0 radical (unpaired) electrons. The van der Waals surface area contributed by atoms with Crippen LogP contribution >= 0.6 is 11.8 Å². The average molecular weight is 231 g/mol. The molecule has 0 aliphatic heterocycles. The van der Waals surface area contributed by atoms with Gasteiger partial charge in [-0.1, -0.05) is 6.92 Å². The highest BCUT2D eigenvalue weighted by molar-refractivity contribution is 7.98. The molecule has 84 valence electrons. The highest BCUT2D eigenvalue weighted by Gasteiger charge is 2.14. The maximum atomic E-state index is 13.6. The van der Waals surface area contributed by atoms with Crippen molar-refractivity contribution in [3.63, 3.8) is 0 Å². The standard InChI is InChI=1S/C11H15F2NS/c1-7(3-4-14)8-5-10(13)11(15-2)6-9(8)12/h5-7H,3-4,14H2,1-2H3. The molecule has 0 saturated heterocycles. The molecule has 15 heavy (non-hydrogen) atoms. The number of hydrogen-bond acceptors (Lipinski definition) is 2. The summed E-state index contributed by atoms with van der Waals surface area (Å²) in [7, 11) is 0. The minimum Gasteiger partial charge on any atom is -0.330 e. The van der Waals surface area contributed by atoms with Crippen LogP contribution < -0.4 is 5.73 Å². The van der Waals surface area contributed by atoms with E-state index in [0.29, 0.717) is 23.4 Å². The second-order valence-corrected chi connectivity index (χ2v) is 4.33. The van der Waals surface area contributed by atoms with Crippen LogP contribution in [0.1, 0.15) is 24.8 Å². The van der Waals surface area contributed by atoms with Gasteiger partial charge < -0.3 is 5.73 Å². The third-order valence-corrected chi connectivity index (χ3v) is 3.15. The van der Waals surface area contributed by atoms with Crippen LogP contribution in [-0.2, 0) is 0 Å². The molecule has 2 N–H and O–H groups in total. The summed E-state index contributed by atoms with van der Waals surface area (Å²) in [6.45, 7) is 2.33. The maximum absolute atomic E-state index is 13.6. The Morgan fingerprint density at radius 2 is 2.00 bits per heavy atom. The summed E-state index contributed by atoms with van der Waals surface area (Å²) < 4.78 is 27.0. The summed E-state index contributed by atoms with van der Waals surface area (Å²) in [6.07, 6.45) is 2.38. The Labute approximate surface area is 93.1 Å². The van der Waals surface area contributed by atoms with Crippen LogP contribution in [0.25, 0.3) is 0 Å². The van der Waals surface area contributed by atoms with E-state index in [-0.39, 0.29) is 17.6 Å². The molecule has 1 rings (SSSR count). The van der Waals surface area contributed by atoms with E-state index in [2.05, 4.69) is 0 Å². The molecule has 0 amide bonds. The summed E-state index contributed by atoms with van der Waals surface area (Å²) in [6, 6.07) is 2.53. The summed E-state index contributed by atoms with van der Waals surface area (Å²) in [5.74, 6) is -0.745. The Balaban J connectivity index is 3.04. The average Bonchev–Trinajstić information content (AvgIpc) is 2.21. The van der Waals surface area contributed by atoms with Gasteiger partial charge in [-0.15, -0.1) is 11.8 Å². The fraction of sp³-hybridized carbons (Fsp3) is 0.455. The molecule has 1 atom stereocenters. The van der Waals surface area contributed by atoms with Crippen molar-refractivity contribution in [2.75, 3.05) is 12.8 Å². The largest absolute Gasteiger partial charge is 0.330 e. The van der Waals surface area contributed by atoms with Gasteiger partial charge in [0.05, 0.1) is 0 Å². The zero-order valence-electron chi connectivity index (χ0n) is 8.89. The Morgan fingerprint density at radius 1 is 1.33 bits per heavy atom. The number of thioether (sulfide) groups is 1. The smallest absolute Gasteiger partial charge is 0.137 e. The predicted molar refractivity (Wildman–Crippen MR) is 60.2 cm³/mol. The van der Waals surface area contributed by atoms with E-state index in [1.54, 1.807) is 6.26 Å². The van der Waals surface area contributed by atoms with Gasteiger partial charge in [0.1, 0.15) is 11.6 Å². The molecular weight excluding hydrogens is 216 g/mol. The zero-order valence-corrected chi connectivity index (χ0v) is 9.70. The molecule has 0 aliphatic rings. The van der Waals surface area contributed by atoms with Crippen LogP contribution in [0.3, 0.4) is 0 Å². The SMILES string of the molecule is CSc1cc(F)c(C(C)CCN)cc1F. The zero-order chi connectivity index (χ0) is 11.4. The van der Waals surface area contributed by atoms with Crippen molar-refractivity contribution in [3.8, 4) is 0 Å². The first-order chi connectivity index (χ1) is 7.10. The van der Waals surface area contributed by atoms with E-state index in [1.807, 2.05) is 6.92 Å². The van der Waals surface area contributed by atoms with Gasteiger partial charge in [-0.2, -0.15) is 0 Å². The second kappa shape index (κ2) is 5.47. The van der Waals surface area contributed by atoms with Crippen molar-refractivity contribution in [3.05, 3.63) is 29.3 Å². The van der Waals surface area contributed by atoms with Gasteiger partial charge in [-0.3, -0.25) is 0 Å². The predicted octanol–water partition coefficient (Wildman–Crippen LogP) is 3.14. The fourth-order valence-corrected chi connectivity index (χ4v) is 1.96. The lowest BCUT2D eigenvalue weighted by molar-refractivity contribution is 0.544. The minimum atomic E-state index is -0.359. The van der Waals surface area contributed by atoms with Crippen LogP contribution in [0.15, 0.2) is 17.0 Å². The van der Waals surface area contributed by atoms with Gasteiger partial charge in [0, 0.05) is 4.90 Å². The Bertz CT molecular complexity index is 342. The van der Waals surface area contributed by atoms with E-state index in [0.717, 1.165) is 0 Å². The first-order valence-corrected chi connectivity index (χ1v) is 6.05. The summed E-state index contributed by atoms with van der Waals surface area (Å²) >= 11 is 1.20. The van der Waals surface area contributed by atoms with Gasteiger partial charge >= 0.3 is 0 Å². The van der Waals surface area contributed by atoms with Crippen LogP contribution in [0.5, 0.6) is 0 Å². The van der Waals surface area contributed by atoms with E-state index in [1.165, 1.54) is 23.9 Å². The van der Waals surface area contributed by atoms with Gasteiger partial charge in [-0.25, -0.2) is 8.78 Å². The van der Waals surface area contributed by atoms with Gasteiger partial charge in [0.15, 0.2) is 0 Å². The lowest BCUT2D eigenvalue weighted by Gasteiger charge is -2.12. The molecule has 1 aromatic carbocycles. The lowest BCUT2D eigenvalue weighted by Crippen LogP contribution is -2.06. The molecule has 1 nitrogen and oxygen atoms in total. The molecule has 1 unspecified atom stereocenters. The summed E-state index contributed by atoms with van der Waals surface area (Å²) in [5, 5.41) is 0. The fourth-order valence-electron chi connectivity index (χ4n) is 1.48. The molecule has 0 aromatic heterocycles. The first kappa shape index (κ1) is 12.5. The molecule has 1 aromatic rings. The summed E-state index contributed by atoms with van der Waals surface area (Å²) in [4.78, 5) is 0.344. The van der Waals surface area contributed by atoms with Crippen LogP contribution in [-0.4, -0.2) is 12.8 Å². The van der Waals surface area contributed by atoms with Crippen molar-refractivity contribution in [1.82, 2.24) is 0 Å². The third kappa shape index (κ3) is 2.92. The van der Waals surface area contributed by atoms with E-state index in [9.17, 15) is 8.78 Å². The quantitative estimate of drug-likeness (QED) is 0.806. The molecule has 0 heterocycles. The molecular formula is C11H15F2NS. The number of hydrogen-bond donors (Lipinski definition) is 1. The molecule has 0 fully saturated rings. The normalized spacial score (nSPS) is 12.9. The highest BCUT2D eigenvalue weighted by atomic mass is 32.2. The molecule has 0 spiro atoms. The van der Waals surface area contributed by atoms with E-state index >= 15 is 0 Å². The topological polar surface area (TPSA) is 26.0 Å². The van der Waals surface area contributed by atoms with Gasteiger partial charge in [-0.05, 0) is 42.8 Å². The monoisotopic (exact) mass is 231 g/mol. The number of halogens is 2. The molecule has 0 bridgehead atoms. The maximum Gasteiger partial charge on any atom is 0.137 e. The Hall–Kier alpha value is -0.610. The van der Waals surface area contributed by atoms with Crippen LogP contribution in [0.4, 0.5) is 8.78 Å². The number of rotatable bonds is 4. The first-order valence-electron chi connectivity index (χ1n) is 4.83. The van der Waals surface area contributed by atoms with Crippen molar-refractivity contribution < 1.29 is 8.78 Å². The Morgan fingerprint density at radius 3 is 2.53 bits per heavy atom. The van der Waals surface area contributed by atoms with E-state index in [4.69, 9.17) is 5.73 Å². The van der Waals surface area contributed by atoms with E-state index < -0.39 is 0 Å². The van der Waals surface area contributed by atoms with Crippen molar-refractivity contribution in [1.29, 1.82) is 0 Å². The van der Waals surface area contributed by atoms with Crippen LogP contribution in [0, 0.1) is 11.6 Å². The highest BCUT2D eigenvalue weighted by Crippen LogP contribution is 2.28. The van der Waals surface area contributed by atoms with Crippen molar-refractivity contribution in [2.24, 2.45) is 5.73 Å². The van der Waals surface area contributed by atoms with Crippen molar-refractivity contribution in [2.45, 2.75) is 24.2 Å². The molecule has 4 heteroatoms. The molecule has 0 aliphatic carbocycles. The lowest BCUT2D eigenvalue weighted by atomic mass is 9.97.